The second-order valence-electron chi connectivity index (χ2n) is 4.57. The Morgan fingerprint density at radius 2 is 2.05 bits per heavy atom. The van der Waals surface area contributed by atoms with Gasteiger partial charge in [0, 0.05) is 10.5 Å². The predicted octanol–water partition coefficient (Wildman–Crippen LogP) is 4.07. The van der Waals surface area contributed by atoms with Gasteiger partial charge < -0.3 is 5.73 Å². The standard InChI is InChI=1S/C15H13BrFN3/c1-2-9-7-10(16)3-6-13(9)20-14-8-11(17)4-5-12(14)19-15(20)18/h3-8H,2H2,1H3,(H2,18,19). The zero-order valence-electron chi connectivity index (χ0n) is 10.9. The minimum Gasteiger partial charge on any atom is -0.369 e. The number of nitrogen functional groups attached to an aromatic ring is 1. The van der Waals surface area contributed by atoms with Gasteiger partial charge in [0.15, 0.2) is 0 Å². The fourth-order valence-electron chi connectivity index (χ4n) is 2.38. The van der Waals surface area contributed by atoms with Crippen molar-refractivity contribution in [3.05, 3.63) is 52.3 Å². The fraction of sp³-hybridized carbons (Fsp3) is 0.133. The summed E-state index contributed by atoms with van der Waals surface area (Å²) < 4.78 is 16.3. The minimum absolute atomic E-state index is 0.297. The van der Waals surface area contributed by atoms with Crippen LogP contribution in [0.4, 0.5) is 10.3 Å². The second kappa shape index (κ2) is 4.90. The summed E-state index contributed by atoms with van der Waals surface area (Å²) in [7, 11) is 0. The van der Waals surface area contributed by atoms with Crippen molar-refractivity contribution in [2.75, 3.05) is 5.73 Å². The number of imidazole rings is 1. The van der Waals surface area contributed by atoms with Gasteiger partial charge >= 0.3 is 0 Å². The summed E-state index contributed by atoms with van der Waals surface area (Å²) in [5.41, 5.74) is 9.44. The first-order valence-corrected chi connectivity index (χ1v) is 7.11. The maximum absolute atomic E-state index is 13.5. The number of rotatable bonds is 2. The van der Waals surface area contributed by atoms with E-state index in [1.807, 2.05) is 18.2 Å². The number of nitrogens with zero attached hydrogens (tertiary/aromatic N) is 2. The monoisotopic (exact) mass is 333 g/mol. The Morgan fingerprint density at radius 3 is 2.80 bits per heavy atom. The van der Waals surface area contributed by atoms with Gasteiger partial charge in [-0.15, -0.1) is 0 Å². The normalized spacial score (nSPS) is 11.2. The quantitative estimate of drug-likeness (QED) is 0.768. The molecule has 0 atom stereocenters. The van der Waals surface area contributed by atoms with Crippen molar-refractivity contribution in [1.82, 2.24) is 9.55 Å². The Bertz CT molecular complexity index is 795. The van der Waals surface area contributed by atoms with Gasteiger partial charge in [-0.2, -0.15) is 0 Å². The molecule has 0 radical (unpaired) electrons. The lowest BCUT2D eigenvalue weighted by Crippen LogP contribution is -2.03. The summed E-state index contributed by atoms with van der Waals surface area (Å²) in [6.45, 7) is 2.07. The number of hydrogen-bond acceptors (Lipinski definition) is 2. The molecule has 2 aromatic carbocycles. The molecule has 0 fully saturated rings. The maximum atomic E-state index is 13.5. The lowest BCUT2D eigenvalue weighted by Gasteiger charge is -2.12. The summed E-state index contributed by atoms with van der Waals surface area (Å²) in [4.78, 5) is 4.29. The molecule has 20 heavy (non-hydrogen) atoms. The second-order valence-corrected chi connectivity index (χ2v) is 5.48. The molecule has 0 amide bonds. The van der Waals surface area contributed by atoms with Crippen LogP contribution in [-0.2, 0) is 6.42 Å². The molecule has 0 unspecified atom stereocenters. The van der Waals surface area contributed by atoms with Crippen LogP contribution in [0.2, 0.25) is 0 Å². The van der Waals surface area contributed by atoms with Crippen LogP contribution in [0.1, 0.15) is 12.5 Å². The van der Waals surface area contributed by atoms with E-state index in [0.29, 0.717) is 17.0 Å². The molecular weight excluding hydrogens is 321 g/mol. The van der Waals surface area contributed by atoms with E-state index in [-0.39, 0.29) is 5.82 Å². The van der Waals surface area contributed by atoms with E-state index in [4.69, 9.17) is 5.73 Å². The molecule has 0 aliphatic carbocycles. The number of hydrogen-bond donors (Lipinski definition) is 1. The van der Waals surface area contributed by atoms with E-state index in [0.717, 1.165) is 22.1 Å². The van der Waals surface area contributed by atoms with Gasteiger partial charge in [0.25, 0.3) is 0 Å². The number of aromatic nitrogens is 2. The van der Waals surface area contributed by atoms with Crippen LogP contribution >= 0.6 is 15.9 Å². The number of aryl methyl sites for hydroxylation is 1. The molecule has 0 aliphatic rings. The minimum atomic E-state index is -0.297. The number of anilines is 1. The molecule has 0 aliphatic heterocycles. The molecule has 0 saturated heterocycles. The molecule has 0 bridgehead atoms. The lowest BCUT2D eigenvalue weighted by atomic mass is 10.1. The molecule has 5 heteroatoms. The number of nitrogens with two attached hydrogens (primary N) is 1. The zero-order chi connectivity index (χ0) is 14.3. The fourth-order valence-corrected chi connectivity index (χ4v) is 2.78. The van der Waals surface area contributed by atoms with E-state index in [2.05, 4.69) is 27.8 Å². The number of fused-ring (bicyclic) bond motifs is 1. The molecule has 102 valence electrons. The van der Waals surface area contributed by atoms with E-state index >= 15 is 0 Å². The molecule has 3 rings (SSSR count). The first-order chi connectivity index (χ1) is 9.60. The van der Waals surface area contributed by atoms with Crippen molar-refractivity contribution in [2.45, 2.75) is 13.3 Å². The van der Waals surface area contributed by atoms with Gasteiger partial charge in [-0.3, -0.25) is 4.57 Å². The highest BCUT2D eigenvalue weighted by Gasteiger charge is 2.13. The van der Waals surface area contributed by atoms with Gasteiger partial charge in [0.1, 0.15) is 5.82 Å². The Hall–Kier alpha value is -1.88. The van der Waals surface area contributed by atoms with Crippen molar-refractivity contribution < 1.29 is 4.39 Å². The van der Waals surface area contributed by atoms with Crippen LogP contribution in [0, 0.1) is 5.82 Å². The van der Waals surface area contributed by atoms with Crippen LogP contribution < -0.4 is 5.73 Å². The van der Waals surface area contributed by atoms with Crippen LogP contribution in [-0.4, -0.2) is 9.55 Å². The van der Waals surface area contributed by atoms with E-state index in [1.54, 1.807) is 10.6 Å². The molecule has 3 nitrogen and oxygen atoms in total. The van der Waals surface area contributed by atoms with Gasteiger partial charge in [-0.05, 0) is 42.3 Å². The Labute approximate surface area is 124 Å². The predicted molar refractivity (Wildman–Crippen MR) is 82.5 cm³/mol. The molecule has 2 N–H and O–H groups in total. The summed E-state index contributed by atoms with van der Waals surface area (Å²) >= 11 is 3.46. The van der Waals surface area contributed by atoms with Gasteiger partial charge in [0.2, 0.25) is 5.95 Å². The highest BCUT2D eigenvalue weighted by atomic mass is 79.9. The van der Waals surface area contributed by atoms with Crippen LogP contribution in [0.15, 0.2) is 40.9 Å². The Morgan fingerprint density at radius 1 is 1.25 bits per heavy atom. The SMILES string of the molecule is CCc1cc(Br)ccc1-n1c(N)nc2ccc(F)cc21. The third kappa shape index (κ3) is 2.08. The molecule has 0 saturated carbocycles. The summed E-state index contributed by atoms with van der Waals surface area (Å²) in [5.74, 6) is 0.0661. The van der Waals surface area contributed by atoms with Crippen LogP contribution in [0.5, 0.6) is 0 Å². The summed E-state index contributed by atoms with van der Waals surface area (Å²) in [6.07, 6.45) is 0.850. The Kier molecular flexibility index (Phi) is 3.22. The highest BCUT2D eigenvalue weighted by Crippen LogP contribution is 2.28. The average Bonchev–Trinajstić information content (AvgIpc) is 2.74. The highest BCUT2D eigenvalue weighted by molar-refractivity contribution is 9.10. The molecule has 1 heterocycles. The van der Waals surface area contributed by atoms with Crippen LogP contribution in [0.25, 0.3) is 16.7 Å². The third-order valence-electron chi connectivity index (χ3n) is 3.31. The molecule has 0 spiro atoms. The number of halogens is 2. The van der Waals surface area contributed by atoms with Crippen molar-refractivity contribution >= 4 is 32.9 Å². The largest absolute Gasteiger partial charge is 0.369 e. The summed E-state index contributed by atoms with van der Waals surface area (Å²) in [5, 5.41) is 0. The Balaban J connectivity index is 2.34. The van der Waals surface area contributed by atoms with Crippen molar-refractivity contribution in [1.29, 1.82) is 0 Å². The van der Waals surface area contributed by atoms with Gasteiger partial charge in [-0.1, -0.05) is 22.9 Å². The topological polar surface area (TPSA) is 43.8 Å². The maximum Gasteiger partial charge on any atom is 0.205 e. The smallest absolute Gasteiger partial charge is 0.205 e. The first-order valence-electron chi connectivity index (χ1n) is 6.32. The van der Waals surface area contributed by atoms with Crippen molar-refractivity contribution in [3.8, 4) is 5.69 Å². The van der Waals surface area contributed by atoms with E-state index < -0.39 is 0 Å². The molecule has 1 aromatic heterocycles. The van der Waals surface area contributed by atoms with E-state index in [1.165, 1.54) is 12.1 Å². The van der Waals surface area contributed by atoms with Gasteiger partial charge in [0.05, 0.1) is 16.7 Å². The first kappa shape index (κ1) is 13.1. The van der Waals surface area contributed by atoms with Crippen molar-refractivity contribution in [2.24, 2.45) is 0 Å². The molecular formula is C15H13BrFN3. The summed E-state index contributed by atoms with van der Waals surface area (Å²) in [6, 6.07) is 10.4. The molecule has 3 aromatic rings. The van der Waals surface area contributed by atoms with Crippen LogP contribution in [0.3, 0.4) is 0 Å². The van der Waals surface area contributed by atoms with E-state index in [9.17, 15) is 4.39 Å². The lowest BCUT2D eigenvalue weighted by molar-refractivity contribution is 0.629. The average molecular weight is 334 g/mol. The van der Waals surface area contributed by atoms with Crippen molar-refractivity contribution in [3.63, 3.8) is 0 Å². The zero-order valence-corrected chi connectivity index (χ0v) is 12.5. The van der Waals surface area contributed by atoms with Gasteiger partial charge in [-0.25, -0.2) is 9.37 Å². The number of benzene rings is 2. The third-order valence-corrected chi connectivity index (χ3v) is 3.80.